The summed E-state index contributed by atoms with van der Waals surface area (Å²) in [4.78, 5) is 51.4. The largest absolute Gasteiger partial charge is 0.481 e. The number of benzene rings is 1. The lowest BCUT2D eigenvalue weighted by Crippen LogP contribution is -2.74. The summed E-state index contributed by atoms with van der Waals surface area (Å²) in [5.74, 6) is -2.37. The molecular weight excluding hydrogens is 576 g/mol. The number of nitrogens with zero attached hydrogens (tertiary/aromatic N) is 1. The molecule has 4 N–H and O–H groups in total. The molecule has 1 aromatic rings. The van der Waals surface area contributed by atoms with E-state index in [4.69, 9.17) is 18.9 Å². The lowest BCUT2D eigenvalue weighted by Gasteiger charge is -2.61. The molecule has 4 aliphatic rings. The maximum absolute atomic E-state index is 13.1. The fourth-order valence-electron chi connectivity index (χ4n) is 7.10. The number of piperidine rings is 1. The maximum Gasteiger partial charge on any atom is 0.408 e. The summed E-state index contributed by atoms with van der Waals surface area (Å²) in [5, 5.41) is 34.0. The molecule has 1 fully saturated rings. The number of hydrogen-bond acceptors (Lipinski definition) is 11. The van der Waals surface area contributed by atoms with Gasteiger partial charge in [-0.25, -0.2) is 14.4 Å². The third kappa shape index (κ3) is 5.30. The number of carbonyl (C=O) groups is 4. The van der Waals surface area contributed by atoms with Crippen LogP contribution in [0.4, 0.5) is 4.79 Å². The van der Waals surface area contributed by atoms with Gasteiger partial charge in [-0.05, 0) is 72.2 Å². The van der Waals surface area contributed by atoms with Crippen molar-refractivity contribution >= 4 is 24.0 Å². The average Bonchev–Trinajstić information content (AvgIpc) is 3.29. The Hall–Kier alpha value is -3.68. The number of hydrogen-bond donors (Lipinski definition) is 4. The number of ether oxygens (including phenoxy) is 4. The average molecular weight is 617 g/mol. The number of rotatable bonds is 9. The van der Waals surface area contributed by atoms with Crippen LogP contribution in [-0.4, -0.2) is 93.3 Å². The molecule has 13 nitrogen and oxygen atoms in total. The molecule has 0 radical (unpaired) electrons. The number of aliphatic carboxylic acids is 1. The second-order valence-electron chi connectivity index (χ2n) is 13.0. The predicted molar refractivity (Wildman–Crippen MR) is 153 cm³/mol. The molecule has 5 rings (SSSR count). The van der Waals surface area contributed by atoms with E-state index < -0.39 is 65.3 Å². The summed E-state index contributed by atoms with van der Waals surface area (Å²) >= 11 is 0. The fourth-order valence-corrected chi connectivity index (χ4v) is 7.10. The quantitative estimate of drug-likeness (QED) is 0.233. The topological polar surface area (TPSA) is 181 Å². The summed E-state index contributed by atoms with van der Waals surface area (Å²) in [6.45, 7) is 6.66. The van der Waals surface area contributed by atoms with Crippen LogP contribution in [0.2, 0.25) is 0 Å². The number of likely N-dealkylation sites (N-methyl/N-ethyl adjacent to an activating group) is 1. The van der Waals surface area contributed by atoms with Gasteiger partial charge in [-0.1, -0.05) is 12.1 Å². The Kier molecular flexibility index (Phi) is 8.19. The van der Waals surface area contributed by atoms with Crippen LogP contribution >= 0.6 is 0 Å². The molecule has 2 bridgehead atoms. The zero-order valence-corrected chi connectivity index (χ0v) is 25.5. The Morgan fingerprint density at radius 1 is 1.23 bits per heavy atom. The van der Waals surface area contributed by atoms with E-state index in [9.17, 15) is 34.5 Å². The number of carboxylic acids is 1. The highest BCUT2D eigenvalue weighted by Crippen LogP contribution is 2.64. The van der Waals surface area contributed by atoms with Gasteiger partial charge in [-0.15, -0.1) is 0 Å². The second kappa shape index (κ2) is 11.4. The smallest absolute Gasteiger partial charge is 0.408 e. The van der Waals surface area contributed by atoms with Crippen molar-refractivity contribution in [1.82, 2.24) is 10.2 Å². The minimum atomic E-state index is -1.41. The fraction of sp³-hybridized carbons (Fsp3) is 0.613. The van der Waals surface area contributed by atoms with Crippen LogP contribution in [0, 0.1) is 0 Å². The van der Waals surface area contributed by atoms with E-state index in [1.807, 2.05) is 19.2 Å². The molecule has 0 unspecified atom stereocenters. The molecule has 44 heavy (non-hydrogen) atoms. The lowest BCUT2D eigenvalue weighted by molar-refractivity contribution is -0.175. The van der Waals surface area contributed by atoms with Crippen LogP contribution in [0.15, 0.2) is 24.0 Å². The van der Waals surface area contributed by atoms with Gasteiger partial charge in [0.15, 0.2) is 12.2 Å². The molecule has 2 heterocycles. The van der Waals surface area contributed by atoms with Crippen molar-refractivity contribution in [3.05, 3.63) is 40.7 Å². The van der Waals surface area contributed by atoms with Crippen molar-refractivity contribution in [2.75, 3.05) is 13.6 Å². The van der Waals surface area contributed by atoms with Gasteiger partial charge in [0.2, 0.25) is 0 Å². The van der Waals surface area contributed by atoms with Gasteiger partial charge in [0.1, 0.15) is 23.2 Å². The summed E-state index contributed by atoms with van der Waals surface area (Å²) in [5.41, 5.74) is -0.461. The molecule has 240 valence electrons. The molecule has 2 aliphatic heterocycles. The minimum Gasteiger partial charge on any atom is -0.481 e. The van der Waals surface area contributed by atoms with Crippen molar-refractivity contribution in [3.63, 3.8) is 0 Å². The van der Waals surface area contributed by atoms with E-state index in [0.717, 1.165) is 11.1 Å². The van der Waals surface area contributed by atoms with E-state index in [1.54, 1.807) is 26.8 Å². The van der Waals surface area contributed by atoms with Gasteiger partial charge in [0.25, 0.3) is 0 Å². The standard InChI is InChI=1S/C31H40N2O11/c1-16(41-22(35)9-8-19(26(36)37)32-28(39)44-29(2,3)4)27(38)42-20-10-11-31(40)21-14-17-6-7-18(15-34)24-23(17)30(31,25(20)43-24)12-13-33(21)5/h6-7,10,16,19,21,25,34,40H,8-9,11-15H2,1-5H3,(H,32,39)(H,36,37)/t16-,19-,21+,25-,30-,31+/m0/s1. The number of amides is 1. The van der Waals surface area contributed by atoms with Gasteiger partial charge in [0, 0.05) is 30.0 Å². The van der Waals surface area contributed by atoms with Crippen LogP contribution in [-0.2, 0) is 47.0 Å². The van der Waals surface area contributed by atoms with E-state index in [0.29, 0.717) is 30.7 Å². The highest BCUT2D eigenvalue weighted by atomic mass is 16.6. The third-order valence-corrected chi connectivity index (χ3v) is 9.11. The van der Waals surface area contributed by atoms with E-state index in [-0.39, 0.29) is 31.2 Å². The first-order chi connectivity index (χ1) is 20.6. The first-order valence-electron chi connectivity index (χ1n) is 14.8. The highest BCUT2D eigenvalue weighted by Gasteiger charge is 2.72. The summed E-state index contributed by atoms with van der Waals surface area (Å²) < 4.78 is 22.5. The molecule has 13 heteroatoms. The Balaban J connectivity index is 1.27. The van der Waals surface area contributed by atoms with E-state index >= 15 is 0 Å². The Bertz CT molecular complexity index is 1400. The Morgan fingerprint density at radius 2 is 1.95 bits per heavy atom. The van der Waals surface area contributed by atoms with Crippen LogP contribution in [0.1, 0.15) is 70.1 Å². The first kappa shape index (κ1) is 31.7. The summed E-state index contributed by atoms with van der Waals surface area (Å²) in [6, 6.07) is 2.19. The van der Waals surface area contributed by atoms with Crippen LogP contribution in [0.25, 0.3) is 0 Å². The zero-order valence-electron chi connectivity index (χ0n) is 25.5. The minimum absolute atomic E-state index is 0.186. The van der Waals surface area contributed by atoms with Gasteiger partial charge in [-0.3, -0.25) is 4.79 Å². The monoisotopic (exact) mass is 616 g/mol. The van der Waals surface area contributed by atoms with Crippen molar-refractivity contribution < 1.29 is 53.4 Å². The predicted octanol–water partition coefficient (Wildman–Crippen LogP) is 1.69. The normalized spacial score (nSPS) is 28.0. The van der Waals surface area contributed by atoms with Crippen molar-refractivity contribution in [1.29, 1.82) is 0 Å². The molecular formula is C31H40N2O11. The summed E-state index contributed by atoms with van der Waals surface area (Å²) in [6.07, 6.45) is -0.784. The van der Waals surface area contributed by atoms with Gasteiger partial charge in [0.05, 0.1) is 17.6 Å². The maximum atomic E-state index is 13.1. The third-order valence-electron chi connectivity index (χ3n) is 9.11. The second-order valence-corrected chi connectivity index (χ2v) is 13.0. The van der Waals surface area contributed by atoms with Crippen LogP contribution in [0.5, 0.6) is 5.75 Å². The zero-order chi connectivity index (χ0) is 32.2. The van der Waals surface area contributed by atoms with Gasteiger partial charge in [-0.2, -0.15) is 0 Å². The number of likely N-dealkylation sites (tertiary alicyclic amines) is 1. The van der Waals surface area contributed by atoms with Crippen molar-refractivity contribution in [3.8, 4) is 5.75 Å². The van der Waals surface area contributed by atoms with E-state index in [1.165, 1.54) is 6.92 Å². The van der Waals surface area contributed by atoms with Crippen molar-refractivity contribution in [2.45, 2.75) is 107 Å². The molecule has 1 amide bonds. The van der Waals surface area contributed by atoms with Crippen LogP contribution < -0.4 is 10.1 Å². The molecule has 0 aromatic heterocycles. The number of carbonyl (C=O) groups excluding carboxylic acids is 3. The van der Waals surface area contributed by atoms with Gasteiger partial charge >= 0.3 is 24.0 Å². The molecule has 0 saturated carbocycles. The highest BCUT2D eigenvalue weighted by molar-refractivity contribution is 5.82. The Labute approximate surface area is 255 Å². The molecule has 2 aliphatic carbocycles. The van der Waals surface area contributed by atoms with E-state index in [2.05, 4.69) is 10.2 Å². The lowest BCUT2D eigenvalue weighted by atomic mass is 9.50. The molecule has 1 aromatic carbocycles. The number of carboxylic acid groups (broad SMARTS) is 1. The summed E-state index contributed by atoms with van der Waals surface area (Å²) in [7, 11) is 1.98. The Morgan fingerprint density at radius 3 is 2.61 bits per heavy atom. The van der Waals surface area contributed by atoms with Crippen molar-refractivity contribution in [2.24, 2.45) is 0 Å². The van der Waals surface area contributed by atoms with Gasteiger partial charge < -0.3 is 44.5 Å². The number of nitrogens with one attached hydrogen (secondary N) is 1. The van der Waals surface area contributed by atoms with Crippen LogP contribution in [0.3, 0.4) is 0 Å². The molecule has 1 spiro atoms. The number of aliphatic hydroxyl groups is 2. The number of aliphatic hydroxyl groups excluding tert-OH is 1. The molecule has 1 saturated heterocycles. The number of esters is 2. The number of alkyl carbamates (subject to hydrolysis) is 1. The molecule has 6 atom stereocenters. The SMILES string of the molecule is C[C@H](OC(=O)CC[C@H](NC(=O)OC(C)(C)C)C(=O)O)C(=O)OC1=CC[C@@]2(O)[C@H]3Cc4ccc(CO)c5c4[C@@]2(CCN3C)[C@H]1O5. The first-order valence-corrected chi connectivity index (χ1v) is 14.8.